The van der Waals surface area contributed by atoms with Gasteiger partial charge in [0.2, 0.25) is 0 Å². The SMILES string of the molecule is CC(Cl)CNc1ncnc2c1CCCCC2. The number of alkyl halides is 1. The van der Waals surface area contributed by atoms with Crippen LogP contribution in [0.3, 0.4) is 0 Å². The van der Waals surface area contributed by atoms with Crippen molar-refractivity contribution in [1.29, 1.82) is 0 Å². The predicted octanol–water partition coefficient (Wildman–Crippen LogP) is 2.78. The minimum atomic E-state index is 0.122. The topological polar surface area (TPSA) is 37.8 Å². The van der Waals surface area contributed by atoms with Gasteiger partial charge in [0, 0.05) is 23.2 Å². The third-order valence-electron chi connectivity index (χ3n) is 2.93. The van der Waals surface area contributed by atoms with E-state index in [1.807, 2.05) is 6.92 Å². The number of rotatable bonds is 3. The molecule has 0 aromatic carbocycles. The smallest absolute Gasteiger partial charge is 0.132 e. The molecular formula is C12H18ClN3. The molecule has 0 radical (unpaired) electrons. The van der Waals surface area contributed by atoms with E-state index in [9.17, 15) is 0 Å². The normalized spacial score (nSPS) is 17.4. The summed E-state index contributed by atoms with van der Waals surface area (Å²) in [6.45, 7) is 2.74. The molecule has 1 N–H and O–H groups in total. The van der Waals surface area contributed by atoms with Crippen LogP contribution in [0.15, 0.2) is 6.33 Å². The van der Waals surface area contributed by atoms with Gasteiger partial charge in [-0.3, -0.25) is 0 Å². The molecule has 0 saturated carbocycles. The Kier molecular flexibility index (Phi) is 3.99. The second kappa shape index (κ2) is 5.48. The average molecular weight is 240 g/mol. The van der Waals surface area contributed by atoms with Gasteiger partial charge >= 0.3 is 0 Å². The lowest BCUT2D eigenvalue weighted by molar-refractivity contribution is 0.708. The van der Waals surface area contributed by atoms with Crippen molar-refractivity contribution in [3.63, 3.8) is 0 Å². The first-order chi connectivity index (χ1) is 7.77. The number of halogens is 1. The number of fused-ring (bicyclic) bond motifs is 1. The van der Waals surface area contributed by atoms with Crippen molar-refractivity contribution in [3.05, 3.63) is 17.6 Å². The summed E-state index contributed by atoms with van der Waals surface area (Å²) in [5, 5.41) is 3.44. The number of aromatic nitrogens is 2. The van der Waals surface area contributed by atoms with Gasteiger partial charge in [-0.05, 0) is 32.6 Å². The first-order valence-corrected chi connectivity index (χ1v) is 6.41. The lowest BCUT2D eigenvalue weighted by Crippen LogP contribution is -2.14. The molecule has 16 heavy (non-hydrogen) atoms. The van der Waals surface area contributed by atoms with Crippen LogP contribution in [0.25, 0.3) is 0 Å². The van der Waals surface area contributed by atoms with Crippen LogP contribution < -0.4 is 5.32 Å². The van der Waals surface area contributed by atoms with Gasteiger partial charge in [0.25, 0.3) is 0 Å². The summed E-state index contributed by atoms with van der Waals surface area (Å²) in [4.78, 5) is 8.71. The molecule has 0 spiro atoms. The maximum Gasteiger partial charge on any atom is 0.132 e. The zero-order chi connectivity index (χ0) is 11.4. The molecule has 4 heteroatoms. The Hall–Kier alpha value is -0.830. The van der Waals surface area contributed by atoms with Gasteiger partial charge in [0.1, 0.15) is 12.1 Å². The Morgan fingerprint density at radius 3 is 2.94 bits per heavy atom. The van der Waals surface area contributed by atoms with Crippen LogP contribution >= 0.6 is 11.6 Å². The van der Waals surface area contributed by atoms with Crippen LogP contribution in [-0.2, 0) is 12.8 Å². The van der Waals surface area contributed by atoms with Crippen molar-refractivity contribution in [3.8, 4) is 0 Å². The van der Waals surface area contributed by atoms with E-state index in [1.54, 1.807) is 6.33 Å². The van der Waals surface area contributed by atoms with Crippen molar-refractivity contribution in [2.45, 2.75) is 44.4 Å². The molecule has 2 rings (SSSR count). The van der Waals surface area contributed by atoms with E-state index in [4.69, 9.17) is 11.6 Å². The number of nitrogens with zero attached hydrogens (tertiary/aromatic N) is 2. The van der Waals surface area contributed by atoms with Crippen molar-refractivity contribution in [1.82, 2.24) is 9.97 Å². The second-order valence-electron chi connectivity index (χ2n) is 4.37. The Labute approximate surface area is 102 Å². The monoisotopic (exact) mass is 239 g/mol. The molecule has 1 heterocycles. The quantitative estimate of drug-likeness (QED) is 0.651. The number of anilines is 1. The first-order valence-electron chi connectivity index (χ1n) is 5.98. The van der Waals surface area contributed by atoms with Crippen LogP contribution in [0.1, 0.15) is 37.4 Å². The highest BCUT2D eigenvalue weighted by atomic mass is 35.5. The average Bonchev–Trinajstić information content (AvgIpc) is 2.51. The highest BCUT2D eigenvalue weighted by Crippen LogP contribution is 2.23. The molecule has 88 valence electrons. The summed E-state index contributed by atoms with van der Waals surface area (Å²) >= 11 is 5.94. The van der Waals surface area contributed by atoms with E-state index in [-0.39, 0.29) is 5.38 Å². The van der Waals surface area contributed by atoms with E-state index in [0.717, 1.165) is 25.2 Å². The Morgan fingerprint density at radius 2 is 2.12 bits per heavy atom. The van der Waals surface area contributed by atoms with E-state index >= 15 is 0 Å². The lowest BCUT2D eigenvalue weighted by atomic mass is 10.1. The standard InChI is InChI=1S/C12H18ClN3/c1-9(13)7-14-12-10-5-3-2-4-6-11(10)15-8-16-12/h8-9H,2-7H2,1H3,(H,14,15,16). The third-order valence-corrected chi connectivity index (χ3v) is 3.08. The van der Waals surface area contributed by atoms with E-state index in [0.29, 0.717) is 0 Å². The fourth-order valence-electron chi connectivity index (χ4n) is 2.09. The summed E-state index contributed by atoms with van der Waals surface area (Å²) in [6, 6.07) is 0. The molecule has 1 aliphatic rings. The van der Waals surface area contributed by atoms with Crippen molar-refractivity contribution in [2.75, 3.05) is 11.9 Å². The highest BCUT2D eigenvalue weighted by Gasteiger charge is 2.14. The molecule has 1 aromatic rings. The Bertz CT molecular complexity index is 352. The van der Waals surface area contributed by atoms with Crippen molar-refractivity contribution >= 4 is 17.4 Å². The van der Waals surface area contributed by atoms with Gasteiger partial charge in [0.05, 0.1) is 0 Å². The molecule has 1 atom stereocenters. The maximum atomic E-state index is 5.94. The van der Waals surface area contributed by atoms with Gasteiger partial charge in [0.15, 0.2) is 0 Å². The fraction of sp³-hybridized carbons (Fsp3) is 0.667. The van der Waals surface area contributed by atoms with Gasteiger partial charge in [-0.15, -0.1) is 11.6 Å². The predicted molar refractivity (Wildman–Crippen MR) is 67.1 cm³/mol. The van der Waals surface area contributed by atoms with Crippen LogP contribution in [0.5, 0.6) is 0 Å². The van der Waals surface area contributed by atoms with Crippen molar-refractivity contribution in [2.24, 2.45) is 0 Å². The zero-order valence-corrected chi connectivity index (χ0v) is 10.4. The van der Waals surface area contributed by atoms with Crippen molar-refractivity contribution < 1.29 is 0 Å². The summed E-state index contributed by atoms with van der Waals surface area (Å²) < 4.78 is 0. The van der Waals surface area contributed by atoms with Gasteiger partial charge < -0.3 is 5.32 Å². The molecule has 3 nitrogen and oxygen atoms in total. The number of nitrogens with one attached hydrogen (secondary N) is 1. The second-order valence-corrected chi connectivity index (χ2v) is 5.11. The van der Waals surface area contributed by atoms with Crippen LogP contribution in [-0.4, -0.2) is 21.9 Å². The Balaban J connectivity index is 2.17. The first kappa shape index (κ1) is 11.6. The van der Waals surface area contributed by atoms with Crippen LogP contribution in [0.4, 0.5) is 5.82 Å². The molecule has 1 aliphatic carbocycles. The number of aryl methyl sites for hydroxylation is 1. The Morgan fingerprint density at radius 1 is 1.31 bits per heavy atom. The van der Waals surface area contributed by atoms with E-state index in [2.05, 4.69) is 15.3 Å². The summed E-state index contributed by atoms with van der Waals surface area (Å²) in [7, 11) is 0. The summed E-state index contributed by atoms with van der Waals surface area (Å²) in [5.74, 6) is 0.986. The summed E-state index contributed by atoms with van der Waals surface area (Å²) in [6.07, 6.45) is 7.62. The third kappa shape index (κ3) is 2.85. The van der Waals surface area contributed by atoms with Gasteiger partial charge in [-0.1, -0.05) is 6.42 Å². The van der Waals surface area contributed by atoms with E-state index < -0.39 is 0 Å². The fourth-order valence-corrected chi connectivity index (χ4v) is 2.16. The molecule has 1 unspecified atom stereocenters. The van der Waals surface area contributed by atoms with Gasteiger partial charge in [-0.25, -0.2) is 9.97 Å². The molecular weight excluding hydrogens is 222 g/mol. The minimum absolute atomic E-state index is 0.122. The van der Waals surface area contributed by atoms with E-state index in [1.165, 1.54) is 30.5 Å². The molecule has 1 aromatic heterocycles. The molecule has 0 bridgehead atoms. The maximum absolute atomic E-state index is 5.94. The molecule has 0 amide bonds. The molecule has 0 saturated heterocycles. The lowest BCUT2D eigenvalue weighted by Gasteiger charge is -2.12. The molecule has 0 fully saturated rings. The van der Waals surface area contributed by atoms with Crippen LogP contribution in [0, 0.1) is 0 Å². The van der Waals surface area contributed by atoms with Gasteiger partial charge in [-0.2, -0.15) is 0 Å². The van der Waals surface area contributed by atoms with Crippen LogP contribution in [0.2, 0.25) is 0 Å². The zero-order valence-electron chi connectivity index (χ0n) is 9.67. The minimum Gasteiger partial charge on any atom is -0.368 e. The molecule has 0 aliphatic heterocycles. The highest BCUT2D eigenvalue weighted by molar-refractivity contribution is 6.20. The number of hydrogen-bond donors (Lipinski definition) is 1. The largest absolute Gasteiger partial charge is 0.368 e. The summed E-state index contributed by atoms with van der Waals surface area (Å²) in [5.41, 5.74) is 2.52. The number of hydrogen-bond acceptors (Lipinski definition) is 3.